The Labute approximate surface area is 231 Å². The van der Waals surface area contributed by atoms with E-state index in [0.717, 1.165) is 31.6 Å². The highest BCUT2D eigenvalue weighted by Crippen LogP contribution is 2.31. The monoisotopic (exact) mass is 557 g/mol. The molecule has 0 spiro atoms. The maximum atomic E-state index is 13.6. The molecule has 0 bridgehead atoms. The summed E-state index contributed by atoms with van der Waals surface area (Å²) in [5.41, 5.74) is 2.23. The van der Waals surface area contributed by atoms with E-state index in [2.05, 4.69) is 22.3 Å². The Bertz CT molecular complexity index is 1210. The van der Waals surface area contributed by atoms with E-state index in [-0.39, 0.29) is 49.1 Å². The quantitative estimate of drug-likeness (QED) is 0.537. The zero-order valence-electron chi connectivity index (χ0n) is 22.4. The van der Waals surface area contributed by atoms with Gasteiger partial charge in [0, 0.05) is 32.2 Å². The summed E-state index contributed by atoms with van der Waals surface area (Å²) in [6, 6.07) is 16.7. The number of nitrogens with one attached hydrogen (secondary N) is 1. The molecule has 2 aromatic carbocycles. The van der Waals surface area contributed by atoms with Gasteiger partial charge in [0.05, 0.1) is 48.9 Å². The Kier molecular flexibility index (Phi) is 9.00. The van der Waals surface area contributed by atoms with Crippen molar-refractivity contribution in [3.05, 3.63) is 65.7 Å². The maximum Gasteiger partial charge on any atom is 0.243 e. The van der Waals surface area contributed by atoms with Crippen molar-refractivity contribution in [2.75, 3.05) is 32.8 Å². The zero-order valence-corrected chi connectivity index (χ0v) is 23.3. The molecule has 0 unspecified atom stereocenters. The largest absolute Gasteiger partial charge is 0.389 e. The SMILES string of the molecule is Cc1ccc(S(=O)(=O)N2C[C@H](O)COC[C@@H]3O[C@H](CC(=O)N[C@H]4CCN(Cc5ccccc5)C4)CC[C@H]32)cc1. The van der Waals surface area contributed by atoms with Gasteiger partial charge in [0.15, 0.2) is 0 Å². The van der Waals surface area contributed by atoms with Crippen molar-refractivity contribution in [2.45, 2.75) is 74.4 Å². The molecule has 2 aromatic rings. The molecule has 3 heterocycles. The van der Waals surface area contributed by atoms with Crippen molar-refractivity contribution >= 4 is 15.9 Å². The minimum Gasteiger partial charge on any atom is -0.389 e. The van der Waals surface area contributed by atoms with Crippen molar-refractivity contribution in [1.29, 1.82) is 0 Å². The van der Waals surface area contributed by atoms with Crippen LogP contribution in [-0.2, 0) is 30.8 Å². The molecule has 3 fully saturated rings. The van der Waals surface area contributed by atoms with Gasteiger partial charge in [0.25, 0.3) is 0 Å². The second-order valence-electron chi connectivity index (χ2n) is 11.0. The molecule has 2 N–H and O–H groups in total. The predicted octanol–water partition coefficient (Wildman–Crippen LogP) is 2.07. The van der Waals surface area contributed by atoms with Crippen LogP contribution in [0.25, 0.3) is 0 Å². The van der Waals surface area contributed by atoms with Crippen molar-refractivity contribution in [2.24, 2.45) is 0 Å². The van der Waals surface area contributed by atoms with Gasteiger partial charge in [-0.1, -0.05) is 48.0 Å². The molecule has 10 heteroatoms. The fraction of sp³-hybridized carbons (Fsp3) is 0.552. The van der Waals surface area contributed by atoms with Gasteiger partial charge in [0.2, 0.25) is 15.9 Å². The Morgan fingerprint density at radius 1 is 1.03 bits per heavy atom. The van der Waals surface area contributed by atoms with Crippen LogP contribution in [0, 0.1) is 6.92 Å². The molecule has 0 saturated carbocycles. The fourth-order valence-corrected chi connectivity index (χ4v) is 7.56. The molecular formula is C29H39N3O6S. The number of amides is 1. The van der Waals surface area contributed by atoms with Gasteiger partial charge in [-0.3, -0.25) is 9.69 Å². The summed E-state index contributed by atoms with van der Waals surface area (Å²) >= 11 is 0. The molecule has 39 heavy (non-hydrogen) atoms. The number of β-amino-alcohol motifs (C(OH)–C–C–N with tert-alkyl or cyclic N) is 1. The number of sulfonamides is 1. The van der Waals surface area contributed by atoms with Crippen LogP contribution >= 0.6 is 0 Å². The number of carbonyl (C=O) groups is 1. The van der Waals surface area contributed by atoms with E-state index in [0.29, 0.717) is 12.8 Å². The van der Waals surface area contributed by atoms with Gasteiger partial charge in [0.1, 0.15) is 0 Å². The van der Waals surface area contributed by atoms with Crippen molar-refractivity contribution in [3.8, 4) is 0 Å². The Morgan fingerprint density at radius 3 is 2.56 bits per heavy atom. The summed E-state index contributed by atoms with van der Waals surface area (Å²) < 4.78 is 40.5. The van der Waals surface area contributed by atoms with E-state index in [1.807, 2.05) is 25.1 Å². The Hall–Kier alpha value is -2.34. The number of ether oxygens (including phenoxy) is 2. The smallest absolute Gasteiger partial charge is 0.243 e. The van der Waals surface area contributed by atoms with Crippen LogP contribution in [0.15, 0.2) is 59.5 Å². The van der Waals surface area contributed by atoms with Crippen LogP contribution in [-0.4, -0.2) is 91.9 Å². The summed E-state index contributed by atoms with van der Waals surface area (Å²) in [6.07, 6.45) is 0.459. The standard InChI is InChI=1S/C29H39N3O6S/c1-21-7-10-26(11-8-21)39(35,36)32-18-24(33)19-37-20-28-27(32)12-9-25(38-28)15-29(34)30-23-13-14-31(17-23)16-22-5-3-2-4-6-22/h2-8,10-11,23-25,27-28,33H,9,12-20H2,1H3,(H,30,34)/t23-,24-,25-,27+,28-/m0/s1. The summed E-state index contributed by atoms with van der Waals surface area (Å²) in [4.78, 5) is 15.5. The zero-order chi connectivity index (χ0) is 27.4. The first kappa shape index (κ1) is 28.2. The molecule has 3 saturated heterocycles. The van der Waals surface area contributed by atoms with Crippen LogP contribution in [0.1, 0.15) is 36.8 Å². The molecule has 0 radical (unpaired) electrons. The third kappa shape index (κ3) is 7.06. The highest BCUT2D eigenvalue weighted by Gasteiger charge is 2.43. The van der Waals surface area contributed by atoms with E-state index in [9.17, 15) is 18.3 Å². The van der Waals surface area contributed by atoms with E-state index in [4.69, 9.17) is 9.47 Å². The minimum atomic E-state index is -3.85. The van der Waals surface area contributed by atoms with Crippen LogP contribution in [0.4, 0.5) is 0 Å². The highest BCUT2D eigenvalue weighted by atomic mass is 32.2. The number of hydrogen-bond donors (Lipinski definition) is 2. The molecule has 1 amide bonds. The summed E-state index contributed by atoms with van der Waals surface area (Å²) in [5.74, 6) is -0.0451. The molecule has 0 aromatic heterocycles. The number of rotatable bonds is 7. The van der Waals surface area contributed by atoms with Crippen LogP contribution < -0.4 is 5.32 Å². The first-order chi connectivity index (χ1) is 18.8. The normalized spacial score (nSPS) is 28.8. The topological polar surface area (TPSA) is 108 Å². The number of carbonyl (C=O) groups excluding carboxylic acids is 1. The first-order valence-corrected chi connectivity index (χ1v) is 15.3. The summed E-state index contributed by atoms with van der Waals surface area (Å²) in [5, 5.41) is 13.6. The van der Waals surface area contributed by atoms with Gasteiger partial charge in [-0.25, -0.2) is 8.42 Å². The van der Waals surface area contributed by atoms with E-state index in [1.54, 1.807) is 24.3 Å². The average molecular weight is 558 g/mol. The van der Waals surface area contributed by atoms with Gasteiger partial charge in [-0.15, -0.1) is 0 Å². The fourth-order valence-electron chi connectivity index (χ4n) is 5.85. The lowest BCUT2D eigenvalue weighted by atomic mass is 9.96. The molecule has 5 atom stereocenters. The van der Waals surface area contributed by atoms with Gasteiger partial charge in [-0.05, 0) is 43.9 Å². The number of aliphatic hydroxyl groups excluding tert-OH is 1. The van der Waals surface area contributed by atoms with Crippen LogP contribution in [0.5, 0.6) is 0 Å². The molecule has 3 aliphatic heterocycles. The summed E-state index contributed by atoms with van der Waals surface area (Å²) in [6.45, 7) is 4.67. The second kappa shape index (κ2) is 12.4. The summed E-state index contributed by atoms with van der Waals surface area (Å²) in [7, 11) is -3.85. The van der Waals surface area contributed by atoms with Crippen molar-refractivity contribution in [3.63, 3.8) is 0 Å². The van der Waals surface area contributed by atoms with Crippen LogP contribution in [0.2, 0.25) is 0 Å². The number of nitrogens with zero attached hydrogens (tertiary/aromatic N) is 2. The number of hydrogen-bond acceptors (Lipinski definition) is 7. The number of aryl methyl sites for hydroxylation is 1. The van der Waals surface area contributed by atoms with Crippen molar-refractivity contribution < 1.29 is 27.8 Å². The third-order valence-corrected chi connectivity index (χ3v) is 9.77. The second-order valence-corrected chi connectivity index (χ2v) is 12.9. The minimum absolute atomic E-state index is 0.0266. The third-order valence-electron chi connectivity index (χ3n) is 7.86. The first-order valence-electron chi connectivity index (χ1n) is 13.8. The lowest BCUT2D eigenvalue weighted by Crippen LogP contribution is -2.57. The number of fused-ring (bicyclic) bond motifs is 1. The molecular weight excluding hydrogens is 518 g/mol. The highest BCUT2D eigenvalue weighted by molar-refractivity contribution is 7.89. The Morgan fingerprint density at radius 2 is 1.79 bits per heavy atom. The van der Waals surface area contributed by atoms with Gasteiger partial charge in [-0.2, -0.15) is 4.31 Å². The van der Waals surface area contributed by atoms with Gasteiger partial charge >= 0.3 is 0 Å². The lowest BCUT2D eigenvalue weighted by molar-refractivity contribution is -0.146. The molecule has 0 aliphatic carbocycles. The Balaban J connectivity index is 1.18. The number of aliphatic hydroxyl groups is 1. The molecule has 3 aliphatic rings. The number of benzene rings is 2. The maximum absolute atomic E-state index is 13.6. The van der Waals surface area contributed by atoms with E-state index in [1.165, 1.54) is 9.87 Å². The molecule has 212 valence electrons. The number of likely N-dealkylation sites (tertiary alicyclic amines) is 1. The van der Waals surface area contributed by atoms with Crippen molar-refractivity contribution in [1.82, 2.24) is 14.5 Å². The average Bonchev–Trinajstić information content (AvgIpc) is 3.33. The molecule has 9 nitrogen and oxygen atoms in total. The molecule has 5 rings (SSSR count). The van der Waals surface area contributed by atoms with Gasteiger partial charge < -0.3 is 19.9 Å². The lowest BCUT2D eigenvalue weighted by Gasteiger charge is -2.43. The van der Waals surface area contributed by atoms with E-state index >= 15 is 0 Å². The predicted molar refractivity (Wildman–Crippen MR) is 146 cm³/mol. The van der Waals surface area contributed by atoms with E-state index < -0.39 is 28.3 Å². The van der Waals surface area contributed by atoms with Crippen LogP contribution in [0.3, 0.4) is 0 Å².